The van der Waals surface area contributed by atoms with E-state index in [1.807, 2.05) is 0 Å². The van der Waals surface area contributed by atoms with Gasteiger partial charge in [-0.15, -0.1) is 0 Å². The van der Waals surface area contributed by atoms with Gasteiger partial charge in [-0.1, -0.05) is 13.8 Å². The first kappa shape index (κ1) is 20.8. The van der Waals surface area contributed by atoms with Gasteiger partial charge in [0.25, 0.3) is 0 Å². The average molecular weight is 426 g/mol. The predicted octanol–water partition coefficient (Wildman–Crippen LogP) is 3.99. The first-order chi connectivity index (χ1) is 14.8. The summed E-state index contributed by atoms with van der Waals surface area (Å²) in [5.41, 5.74) is 2.20. The van der Waals surface area contributed by atoms with E-state index in [1.165, 1.54) is 24.3 Å². The number of carbonyl (C=O) groups is 2. The Kier molecular flexibility index (Phi) is 5.24. The molecular weight excluding hydrogens is 393 g/mol. The van der Waals surface area contributed by atoms with Crippen molar-refractivity contribution in [2.75, 3.05) is 26.2 Å². The highest BCUT2D eigenvalue weighted by molar-refractivity contribution is 5.98. The number of amides is 1. The summed E-state index contributed by atoms with van der Waals surface area (Å²) in [5.74, 6) is 1.61. The lowest BCUT2D eigenvalue weighted by Gasteiger charge is -2.60. The fourth-order valence-electron chi connectivity index (χ4n) is 6.20. The van der Waals surface area contributed by atoms with Gasteiger partial charge in [0, 0.05) is 42.0 Å². The predicted molar refractivity (Wildman–Crippen MR) is 117 cm³/mol. The molecular formula is C25H32FN3O2. The van der Waals surface area contributed by atoms with Gasteiger partial charge in [0.2, 0.25) is 5.91 Å². The Balaban J connectivity index is 1.14. The lowest BCUT2D eigenvalue weighted by Crippen LogP contribution is -2.59. The van der Waals surface area contributed by atoms with Crippen molar-refractivity contribution < 1.29 is 14.0 Å². The molecule has 4 fully saturated rings. The van der Waals surface area contributed by atoms with Crippen LogP contribution in [0, 0.1) is 34.9 Å². The Bertz CT molecular complexity index is 902. The van der Waals surface area contributed by atoms with E-state index in [2.05, 4.69) is 18.7 Å². The van der Waals surface area contributed by atoms with Crippen molar-refractivity contribution in [2.24, 2.45) is 34.2 Å². The number of Topliss-reactive ketones (excluding diaryl/α,β-unsaturated/α-hetero) is 1. The molecule has 5 aliphatic rings. The van der Waals surface area contributed by atoms with Crippen LogP contribution in [0.5, 0.6) is 0 Å². The Hall–Kier alpha value is -2.08. The van der Waals surface area contributed by atoms with Crippen LogP contribution in [0.15, 0.2) is 29.4 Å². The van der Waals surface area contributed by atoms with Crippen molar-refractivity contribution in [2.45, 2.75) is 46.0 Å². The summed E-state index contributed by atoms with van der Waals surface area (Å²) >= 11 is 0. The standard InChI is InChI=1S/C25H32FN3O2/c1-25(2)19-13-18-14-22(30)29(27-23(18)21(25)15-19)12-11-28-9-7-17(8-10-28)24(31)16-3-5-20(26)6-4-16/h3-6,17-19,21H,7-15H2,1-2H3. The molecule has 3 atom stereocenters. The maximum Gasteiger partial charge on any atom is 0.243 e. The average Bonchev–Trinajstić information content (AvgIpc) is 2.77. The number of benzene rings is 1. The topological polar surface area (TPSA) is 53.0 Å². The van der Waals surface area contributed by atoms with Crippen molar-refractivity contribution in [3.63, 3.8) is 0 Å². The monoisotopic (exact) mass is 425 g/mol. The zero-order chi connectivity index (χ0) is 21.8. The molecule has 0 N–H and O–H groups in total. The Labute approximate surface area is 183 Å². The second-order valence-electron chi connectivity index (χ2n) is 10.5. The number of hydrogen-bond donors (Lipinski definition) is 0. The van der Waals surface area contributed by atoms with Crippen LogP contribution in [-0.2, 0) is 4.79 Å². The van der Waals surface area contributed by atoms with E-state index in [9.17, 15) is 14.0 Å². The molecule has 5 nitrogen and oxygen atoms in total. The fourth-order valence-corrected chi connectivity index (χ4v) is 6.20. The van der Waals surface area contributed by atoms with Crippen LogP contribution in [0.2, 0.25) is 0 Å². The molecule has 166 valence electrons. The van der Waals surface area contributed by atoms with Gasteiger partial charge in [-0.05, 0) is 74.4 Å². The number of ketones is 1. The molecule has 2 aliphatic heterocycles. The summed E-state index contributed by atoms with van der Waals surface area (Å²) in [5, 5.41) is 6.58. The van der Waals surface area contributed by atoms with Crippen LogP contribution in [0.1, 0.15) is 56.3 Å². The van der Waals surface area contributed by atoms with Crippen molar-refractivity contribution >= 4 is 17.4 Å². The highest BCUT2D eigenvalue weighted by Gasteiger charge is 2.57. The number of nitrogens with zero attached hydrogens (tertiary/aromatic N) is 3. The molecule has 0 aromatic heterocycles. The number of piperidine rings is 1. The third-order valence-corrected chi connectivity index (χ3v) is 8.48. The summed E-state index contributed by atoms with van der Waals surface area (Å²) < 4.78 is 13.1. The maximum absolute atomic E-state index is 13.1. The number of halogens is 1. The van der Waals surface area contributed by atoms with Crippen molar-refractivity contribution in [3.05, 3.63) is 35.6 Å². The molecule has 0 radical (unpaired) electrons. The molecule has 3 unspecified atom stereocenters. The quantitative estimate of drug-likeness (QED) is 0.671. The molecule has 6 rings (SSSR count). The van der Waals surface area contributed by atoms with Gasteiger partial charge in [-0.25, -0.2) is 9.40 Å². The molecule has 1 saturated heterocycles. The Morgan fingerprint density at radius 3 is 2.52 bits per heavy atom. The maximum atomic E-state index is 13.1. The zero-order valence-corrected chi connectivity index (χ0v) is 18.5. The molecule has 3 aliphatic carbocycles. The Morgan fingerprint density at radius 2 is 1.84 bits per heavy atom. The normalized spacial score (nSPS) is 30.4. The molecule has 2 bridgehead atoms. The lowest BCUT2D eigenvalue weighted by molar-refractivity contribution is -0.135. The van der Waals surface area contributed by atoms with E-state index < -0.39 is 0 Å². The van der Waals surface area contributed by atoms with Crippen molar-refractivity contribution in [1.82, 2.24) is 9.91 Å². The number of rotatable bonds is 5. The largest absolute Gasteiger partial charge is 0.301 e. The molecule has 0 spiro atoms. The lowest BCUT2D eigenvalue weighted by atomic mass is 9.45. The minimum atomic E-state index is -0.317. The number of hydrogen-bond acceptors (Lipinski definition) is 4. The van der Waals surface area contributed by atoms with Gasteiger partial charge in [0.05, 0.1) is 6.54 Å². The number of carbonyl (C=O) groups excluding carboxylic acids is 2. The van der Waals surface area contributed by atoms with E-state index >= 15 is 0 Å². The van der Waals surface area contributed by atoms with Crippen molar-refractivity contribution in [3.8, 4) is 0 Å². The SMILES string of the molecule is CC1(C)C2CC3CC(=O)N(CCN4CCC(C(=O)c5ccc(F)cc5)CC4)N=C3C1C2. The molecule has 3 saturated carbocycles. The van der Waals surface area contributed by atoms with Gasteiger partial charge in [-0.2, -0.15) is 5.10 Å². The minimum absolute atomic E-state index is 0.00429. The molecule has 1 aromatic carbocycles. The van der Waals surface area contributed by atoms with Crippen LogP contribution in [0.3, 0.4) is 0 Å². The highest BCUT2D eigenvalue weighted by atomic mass is 19.1. The van der Waals surface area contributed by atoms with Crippen LogP contribution in [0.25, 0.3) is 0 Å². The molecule has 2 heterocycles. The summed E-state index contributed by atoms with van der Waals surface area (Å²) in [6.45, 7) is 7.81. The zero-order valence-electron chi connectivity index (χ0n) is 18.5. The highest BCUT2D eigenvalue weighted by Crippen LogP contribution is 2.60. The van der Waals surface area contributed by atoms with Gasteiger partial charge in [0.1, 0.15) is 5.82 Å². The van der Waals surface area contributed by atoms with Gasteiger partial charge in [-0.3, -0.25) is 9.59 Å². The summed E-state index contributed by atoms with van der Waals surface area (Å²) in [4.78, 5) is 27.7. The third kappa shape index (κ3) is 3.73. The first-order valence-electron chi connectivity index (χ1n) is 11.7. The summed E-state index contributed by atoms with van der Waals surface area (Å²) in [7, 11) is 0. The molecule has 31 heavy (non-hydrogen) atoms. The minimum Gasteiger partial charge on any atom is -0.301 e. The first-order valence-corrected chi connectivity index (χ1v) is 11.7. The van der Waals surface area contributed by atoms with Crippen LogP contribution in [0.4, 0.5) is 4.39 Å². The van der Waals surface area contributed by atoms with Crippen LogP contribution >= 0.6 is 0 Å². The fraction of sp³-hybridized carbons (Fsp3) is 0.640. The number of hydrazone groups is 1. The second-order valence-corrected chi connectivity index (χ2v) is 10.5. The van der Waals surface area contributed by atoms with Crippen LogP contribution < -0.4 is 0 Å². The molecule has 1 amide bonds. The molecule has 1 aromatic rings. The smallest absolute Gasteiger partial charge is 0.243 e. The van der Waals surface area contributed by atoms with E-state index in [0.717, 1.165) is 44.8 Å². The van der Waals surface area contributed by atoms with E-state index in [-0.39, 0.29) is 23.4 Å². The second kappa shape index (κ2) is 7.80. The summed E-state index contributed by atoms with van der Waals surface area (Å²) in [6.07, 6.45) is 4.59. The van der Waals surface area contributed by atoms with Crippen molar-refractivity contribution in [1.29, 1.82) is 0 Å². The van der Waals surface area contributed by atoms with Gasteiger partial charge in [0.15, 0.2) is 5.78 Å². The molecule has 6 heteroatoms. The summed E-state index contributed by atoms with van der Waals surface area (Å²) in [6, 6.07) is 5.85. The van der Waals surface area contributed by atoms with Gasteiger partial charge >= 0.3 is 0 Å². The van der Waals surface area contributed by atoms with E-state index in [0.29, 0.717) is 35.8 Å². The number of likely N-dealkylation sites (tertiary alicyclic amines) is 1. The van der Waals surface area contributed by atoms with Gasteiger partial charge < -0.3 is 4.90 Å². The van der Waals surface area contributed by atoms with E-state index in [4.69, 9.17) is 5.10 Å². The third-order valence-electron chi connectivity index (χ3n) is 8.48. The Morgan fingerprint density at radius 1 is 1.13 bits per heavy atom. The van der Waals surface area contributed by atoms with E-state index in [1.54, 1.807) is 17.1 Å². The van der Waals surface area contributed by atoms with Crippen LogP contribution in [-0.4, -0.2) is 53.5 Å².